The smallest absolute Gasteiger partial charge is 0.325 e. The van der Waals surface area contributed by atoms with Crippen molar-refractivity contribution in [2.45, 2.75) is 32.7 Å². The van der Waals surface area contributed by atoms with E-state index in [1.54, 1.807) is 7.11 Å². The Morgan fingerprint density at radius 1 is 1.26 bits per heavy atom. The Balaban J connectivity index is 2.41. The first-order chi connectivity index (χ1) is 9.04. The van der Waals surface area contributed by atoms with Gasteiger partial charge >= 0.3 is 5.97 Å². The highest BCUT2D eigenvalue weighted by molar-refractivity contribution is 5.76. The molecule has 0 radical (unpaired) electrons. The fourth-order valence-corrected chi connectivity index (χ4v) is 2.81. The minimum atomic E-state index is -0.769. The van der Waals surface area contributed by atoms with Gasteiger partial charge in [-0.1, -0.05) is 0 Å². The topological polar surface area (TPSA) is 49.8 Å². The molecule has 1 aliphatic heterocycles. The first-order valence-electron chi connectivity index (χ1n) is 6.66. The molecule has 4 heteroatoms. The summed E-state index contributed by atoms with van der Waals surface area (Å²) >= 11 is 0. The van der Waals surface area contributed by atoms with Crippen LogP contribution in [0.2, 0.25) is 0 Å². The van der Waals surface area contributed by atoms with Gasteiger partial charge in [-0.05, 0) is 68.6 Å². The zero-order chi connectivity index (χ0) is 14.0. The van der Waals surface area contributed by atoms with Crippen molar-refractivity contribution in [1.29, 1.82) is 0 Å². The first kappa shape index (κ1) is 13.9. The number of likely N-dealkylation sites (tertiary alicyclic amines) is 1. The van der Waals surface area contributed by atoms with Crippen LogP contribution in [0.1, 0.15) is 35.6 Å². The second kappa shape index (κ2) is 5.61. The van der Waals surface area contributed by atoms with Crippen LogP contribution < -0.4 is 4.74 Å². The maximum Gasteiger partial charge on any atom is 0.325 e. The average Bonchev–Trinajstić information content (AvgIpc) is 2.86. The van der Waals surface area contributed by atoms with Gasteiger partial charge < -0.3 is 9.84 Å². The van der Waals surface area contributed by atoms with E-state index in [0.29, 0.717) is 0 Å². The first-order valence-corrected chi connectivity index (χ1v) is 6.66. The average molecular weight is 263 g/mol. The number of rotatable bonds is 4. The molecule has 0 spiro atoms. The third kappa shape index (κ3) is 2.73. The fraction of sp³-hybridized carbons (Fsp3) is 0.533. The number of carboxylic acids is 1. The molecule has 1 N–H and O–H groups in total. The molecule has 0 saturated carbocycles. The number of carbonyl (C=O) groups is 1. The lowest BCUT2D eigenvalue weighted by molar-refractivity contribution is -0.143. The van der Waals surface area contributed by atoms with Gasteiger partial charge in [-0.2, -0.15) is 0 Å². The summed E-state index contributed by atoms with van der Waals surface area (Å²) in [4.78, 5) is 13.7. The zero-order valence-electron chi connectivity index (χ0n) is 11.8. The molecule has 1 heterocycles. The summed E-state index contributed by atoms with van der Waals surface area (Å²) in [6.45, 7) is 5.62. The van der Waals surface area contributed by atoms with Crippen LogP contribution >= 0.6 is 0 Å². The number of hydrogen-bond acceptors (Lipinski definition) is 3. The predicted molar refractivity (Wildman–Crippen MR) is 73.7 cm³/mol. The van der Waals surface area contributed by atoms with Crippen LogP contribution in [-0.4, -0.2) is 36.2 Å². The number of benzene rings is 1. The van der Waals surface area contributed by atoms with Gasteiger partial charge in [-0.25, -0.2) is 0 Å². The van der Waals surface area contributed by atoms with Gasteiger partial charge in [-0.15, -0.1) is 0 Å². The Hall–Kier alpha value is -1.55. The zero-order valence-corrected chi connectivity index (χ0v) is 11.8. The third-order valence-electron chi connectivity index (χ3n) is 3.82. The van der Waals surface area contributed by atoms with E-state index >= 15 is 0 Å². The number of carboxylic acid groups (broad SMARTS) is 1. The van der Waals surface area contributed by atoms with Gasteiger partial charge in [0.05, 0.1) is 7.11 Å². The highest BCUT2D eigenvalue weighted by Crippen LogP contribution is 2.31. The fourth-order valence-electron chi connectivity index (χ4n) is 2.81. The van der Waals surface area contributed by atoms with Crippen LogP contribution in [-0.2, 0) is 4.79 Å². The van der Waals surface area contributed by atoms with Crippen molar-refractivity contribution in [1.82, 2.24) is 4.90 Å². The van der Waals surface area contributed by atoms with Crippen molar-refractivity contribution >= 4 is 5.97 Å². The summed E-state index contributed by atoms with van der Waals surface area (Å²) < 4.78 is 5.29. The summed E-state index contributed by atoms with van der Waals surface area (Å²) in [6, 6.07) is 3.34. The molecule has 0 amide bonds. The SMILES string of the molecule is COc1cc(C)c(C(C(=O)O)N2CCCC2)cc1C. The molecule has 1 aromatic carbocycles. The highest BCUT2D eigenvalue weighted by Gasteiger charge is 2.30. The van der Waals surface area contributed by atoms with E-state index in [0.717, 1.165) is 48.4 Å². The summed E-state index contributed by atoms with van der Waals surface area (Å²) in [5.74, 6) is 0.0429. The lowest BCUT2D eigenvalue weighted by atomic mass is 9.97. The minimum absolute atomic E-state index is 0.535. The van der Waals surface area contributed by atoms with Crippen molar-refractivity contribution in [3.8, 4) is 5.75 Å². The maximum atomic E-state index is 11.6. The van der Waals surface area contributed by atoms with Gasteiger partial charge in [0, 0.05) is 0 Å². The van der Waals surface area contributed by atoms with Crippen molar-refractivity contribution in [3.05, 3.63) is 28.8 Å². The summed E-state index contributed by atoms with van der Waals surface area (Å²) in [7, 11) is 1.64. The van der Waals surface area contributed by atoms with Crippen LogP contribution in [0.15, 0.2) is 12.1 Å². The minimum Gasteiger partial charge on any atom is -0.496 e. The second-order valence-corrected chi connectivity index (χ2v) is 5.16. The van der Waals surface area contributed by atoms with Gasteiger partial charge in [0.15, 0.2) is 0 Å². The van der Waals surface area contributed by atoms with E-state index < -0.39 is 12.0 Å². The number of nitrogens with zero attached hydrogens (tertiary/aromatic N) is 1. The van der Waals surface area contributed by atoms with Crippen molar-refractivity contribution in [2.75, 3.05) is 20.2 Å². The number of aliphatic carboxylic acids is 1. The van der Waals surface area contributed by atoms with E-state index in [-0.39, 0.29) is 0 Å². The Kier molecular flexibility index (Phi) is 4.10. The van der Waals surface area contributed by atoms with Gasteiger partial charge in [-0.3, -0.25) is 9.69 Å². The van der Waals surface area contributed by atoms with Gasteiger partial charge in [0.2, 0.25) is 0 Å². The van der Waals surface area contributed by atoms with E-state index in [1.165, 1.54) is 0 Å². The highest BCUT2D eigenvalue weighted by atomic mass is 16.5. The van der Waals surface area contributed by atoms with E-state index in [2.05, 4.69) is 4.90 Å². The standard InChI is InChI=1S/C15H21NO3/c1-10-9-13(19-3)11(2)8-12(10)14(15(17)18)16-6-4-5-7-16/h8-9,14H,4-7H2,1-3H3,(H,17,18). The second-order valence-electron chi connectivity index (χ2n) is 5.16. The number of ether oxygens (including phenoxy) is 1. The van der Waals surface area contributed by atoms with Crippen LogP contribution in [0.4, 0.5) is 0 Å². The van der Waals surface area contributed by atoms with Gasteiger partial charge in [0.25, 0.3) is 0 Å². The Morgan fingerprint density at radius 3 is 2.42 bits per heavy atom. The molecule has 1 unspecified atom stereocenters. The van der Waals surface area contributed by atoms with E-state index in [1.807, 2.05) is 26.0 Å². The monoisotopic (exact) mass is 263 g/mol. The van der Waals surface area contributed by atoms with Crippen LogP contribution in [0, 0.1) is 13.8 Å². The van der Waals surface area contributed by atoms with E-state index in [9.17, 15) is 9.90 Å². The maximum absolute atomic E-state index is 11.6. The van der Waals surface area contributed by atoms with Crippen LogP contribution in [0.25, 0.3) is 0 Å². The van der Waals surface area contributed by atoms with Gasteiger partial charge in [0.1, 0.15) is 11.8 Å². The largest absolute Gasteiger partial charge is 0.496 e. The molecule has 1 saturated heterocycles. The predicted octanol–water partition coefficient (Wildman–Crippen LogP) is 2.53. The Morgan fingerprint density at radius 2 is 1.89 bits per heavy atom. The molecule has 19 heavy (non-hydrogen) atoms. The number of methoxy groups -OCH3 is 1. The Bertz CT molecular complexity index is 479. The van der Waals surface area contributed by atoms with E-state index in [4.69, 9.17) is 4.74 Å². The molecule has 2 rings (SSSR count). The Labute approximate surface area is 114 Å². The third-order valence-corrected chi connectivity index (χ3v) is 3.82. The quantitative estimate of drug-likeness (QED) is 0.907. The summed E-state index contributed by atoms with van der Waals surface area (Å²) in [5.41, 5.74) is 2.84. The molecule has 1 aliphatic rings. The normalized spacial score (nSPS) is 17.4. The lowest BCUT2D eigenvalue weighted by Gasteiger charge is -2.26. The molecule has 0 bridgehead atoms. The molecule has 1 fully saturated rings. The van der Waals surface area contributed by atoms with Crippen LogP contribution in [0.3, 0.4) is 0 Å². The summed E-state index contributed by atoms with van der Waals surface area (Å²) in [5, 5.41) is 9.56. The molecule has 1 atom stereocenters. The number of aryl methyl sites for hydroxylation is 2. The molecular formula is C15H21NO3. The summed E-state index contributed by atoms with van der Waals surface area (Å²) in [6.07, 6.45) is 2.16. The molecule has 1 aromatic rings. The molecule has 104 valence electrons. The van der Waals surface area contributed by atoms with Crippen molar-refractivity contribution < 1.29 is 14.6 Å². The van der Waals surface area contributed by atoms with Crippen LogP contribution in [0.5, 0.6) is 5.75 Å². The molecule has 0 aromatic heterocycles. The van der Waals surface area contributed by atoms with Crippen molar-refractivity contribution in [3.63, 3.8) is 0 Å². The molecule has 0 aliphatic carbocycles. The van der Waals surface area contributed by atoms with Crippen molar-refractivity contribution in [2.24, 2.45) is 0 Å². The molecule has 4 nitrogen and oxygen atoms in total. The molecular weight excluding hydrogens is 242 g/mol. The number of hydrogen-bond donors (Lipinski definition) is 1. The lowest BCUT2D eigenvalue weighted by Crippen LogP contribution is -2.32.